The van der Waals surface area contributed by atoms with Crippen molar-refractivity contribution < 1.29 is 9.47 Å². The molecule has 0 spiro atoms. The topological polar surface area (TPSA) is 58.1 Å². The number of nitrogens with one attached hydrogen (secondary N) is 2. The first-order chi connectivity index (χ1) is 11.2. The molecule has 1 unspecified atom stereocenters. The third-order valence-electron chi connectivity index (χ3n) is 4.17. The van der Waals surface area contributed by atoms with E-state index in [1.807, 2.05) is 7.05 Å². The molecule has 1 aliphatic heterocycles. The molecule has 0 bridgehead atoms. The molecule has 2 N–H and O–H groups in total. The van der Waals surface area contributed by atoms with Gasteiger partial charge in [0.2, 0.25) is 0 Å². The molecule has 0 amide bonds. The zero-order chi connectivity index (χ0) is 16.9. The average Bonchev–Trinajstić information content (AvgIpc) is 2.57. The van der Waals surface area contributed by atoms with E-state index in [4.69, 9.17) is 9.47 Å². The van der Waals surface area contributed by atoms with Crippen molar-refractivity contribution in [3.63, 3.8) is 0 Å². The van der Waals surface area contributed by atoms with Gasteiger partial charge in [0.1, 0.15) is 0 Å². The zero-order valence-electron chi connectivity index (χ0n) is 15.4. The fourth-order valence-electron chi connectivity index (χ4n) is 2.71. The maximum Gasteiger partial charge on any atom is 0.191 e. The molecule has 1 saturated heterocycles. The van der Waals surface area contributed by atoms with Crippen LogP contribution in [0.1, 0.15) is 33.6 Å². The van der Waals surface area contributed by atoms with E-state index in [9.17, 15) is 0 Å². The highest BCUT2D eigenvalue weighted by Crippen LogP contribution is 2.12. The summed E-state index contributed by atoms with van der Waals surface area (Å²) in [4.78, 5) is 6.81. The van der Waals surface area contributed by atoms with Crippen LogP contribution in [-0.4, -0.2) is 76.6 Å². The summed E-state index contributed by atoms with van der Waals surface area (Å²) in [5.74, 6) is 1.44. The molecule has 136 valence electrons. The minimum absolute atomic E-state index is 0.498. The third-order valence-corrected chi connectivity index (χ3v) is 4.17. The molecule has 0 aromatic rings. The first-order valence-electron chi connectivity index (χ1n) is 9.03. The highest BCUT2D eigenvalue weighted by atomic mass is 16.5. The second-order valence-corrected chi connectivity index (χ2v) is 6.31. The van der Waals surface area contributed by atoms with Gasteiger partial charge in [-0.3, -0.25) is 9.89 Å². The normalized spacial score (nSPS) is 18.2. The number of ether oxygens (including phenoxy) is 2. The van der Waals surface area contributed by atoms with Gasteiger partial charge in [-0.05, 0) is 12.3 Å². The third kappa shape index (κ3) is 8.53. The zero-order valence-corrected chi connectivity index (χ0v) is 15.4. The molecule has 1 rings (SSSR count). The monoisotopic (exact) mass is 328 g/mol. The fraction of sp³-hybridized carbons (Fsp3) is 0.941. The molecule has 0 aliphatic carbocycles. The fourth-order valence-corrected chi connectivity index (χ4v) is 2.71. The SMILES string of the molecule is CCCCOCCNC(=NC)NCC(C(C)C)N1CCOCC1. The first kappa shape index (κ1) is 20.2. The van der Waals surface area contributed by atoms with E-state index in [0.29, 0.717) is 12.0 Å². The molecule has 1 heterocycles. The van der Waals surface area contributed by atoms with Gasteiger partial charge in [0, 0.05) is 45.9 Å². The number of hydrogen-bond donors (Lipinski definition) is 2. The van der Waals surface area contributed by atoms with Crippen molar-refractivity contribution in [1.82, 2.24) is 15.5 Å². The maximum atomic E-state index is 5.56. The minimum atomic E-state index is 0.498. The largest absolute Gasteiger partial charge is 0.380 e. The van der Waals surface area contributed by atoms with Crippen molar-refractivity contribution in [2.24, 2.45) is 10.9 Å². The van der Waals surface area contributed by atoms with Crippen molar-refractivity contribution in [2.45, 2.75) is 39.7 Å². The van der Waals surface area contributed by atoms with Crippen molar-refractivity contribution >= 4 is 5.96 Å². The second-order valence-electron chi connectivity index (χ2n) is 6.31. The Kier molecular flexibility index (Phi) is 11.0. The summed E-state index contributed by atoms with van der Waals surface area (Å²) in [6, 6.07) is 0.498. The molecule has 0 aromatic heterocycles. The van der Waals surface area contributed by atoms with Crippen LogP contribution in [0.25, 0.3) is 0 Å². The number of aliphatic imine (C=N–C) groups is 1. The summed E-state index contributed by atoms with van der Waals surface area (Å²) >= 11 is 0. The van der Waals surface area contributed by atoms with Gasteiger partial charge in [-0.15, -0.1) is 0 Å². The molecule has 1 aliphatic rings. The number of morpholine rings is 1. The second kappa shape index (κ2) is 12.6. The molecular weight excluding hydrogens is 292 g/mol. The van der Waals surface area contributed by atoms with Crippen LogP contribution in [0.3, 0.4) is 0 Å². The Labute approximate surface area is 142 Å². The van der Waals surface area contributed by atoms with Gasteiger partial charge in [0.15, 0.2) is 5.96 Å². The summed E-state index contributed by atoms with van der Waals surface area (Å²) in [5, 5.41) is 6.77. The van der Waals surface area contributed by atoms with E-state index in [1.165, 1.54) is 6.42 Å². The highest BCUT2D eigenvalue weighted by molar-refractivity contribution is 5.79. The lowest BCUT2D eigenvalue weighted by molar-refractivity contribution is 0.00751. The van der Waals surface area contributed by atoms with Gasteiger partial charge in [0.05, 0.1) is 19.8 Å². The number of rotatable bonds is 10. The molecule has 0 aromatic carbocycles. The van der Waals surface area contributed by atoms with Crippen molar-refractivity contribution in [3.8, 4) is 0 Å². The molecule has 0 radical (unpaired) electrons. The summed E-state index contributed by atoms with van der Waals surface area (Å²) in [7, 11) is 1.81. The summed E-state index contributed by atoms with van der Waals surface area (Å²) < 4.78 is 11.0. The number of nitrogens with zero attached hydrogens (tertiary/aromatic N) is 2. The first-order valence-corrected chi connectivity index (χ1v) is 9.03. The van der Waals surface area contributed by atoms with Crippen LogP contribution in [0, 0.1) is 5.92 Å². The van der Waals surface area contributed by atoms with E-state index < -0.39 is 0 Å². The molecule has 23 heavy (non-hydrogen) atoms. The Morgan fingerprint density at radius 1 is 1.22 bits per heavy atom. The van der Waals surface area contributed by atoms with Gasteiger partial charge in [-0.1, -0.05) is 27.2 Å². The lowest BCUT2D eigenvalue weighted by Crippen LogP contribution is -2.52. The Morgan fingerprint density at radius 2 is 1.96 bits per heavy atom. The van der Waals surface area contributed by atoms with Crippen molar-refractivity contribution in [3.05, 3.63) is 0 Å². The Hall–Kier alpha value is -0.850. The van der Waals surface area contributed by atoms with Crippen LogP contribution in [0.5, 0.6) is 0 Å². The van der Waals surface area contributed by atoms with Crippen LogP contribution in [0.15, 0.2) is 4.99 Å². The molecule has 0 saturated carbocycles. The molecule has 1 atom stereocenters. The lowest BCUT2D eigenvalue weighted by atomic mass is 10.0. The van der Waals surface area contributed by atoms with Gasteiger partial charge >= 0.3 is 0 Å². The standard InChI is InChI=1S/C17H36N4O2/c1-5-6-10-22-11-7-19-17(18-4)20-14-16(15(2)3)21-8-12-23-13-9-21/h15-16H,5-14H2,1-4H3,(H2,18,19,20). The average molecular weight is 329 g/mol. The van der Waals surface area contributed by atoms with Crippen LogP contribution in [0.2, 0.25) is 0 Å². The van der Waals surface area contributed by atoms with Crippen LogP contribution in [0.4, 0.5) is 0 Å². The highest BCUT2D eigenvalue weighted by Gasteiger charge is 2.23. The van der Waals surface area contributed by atoms with Gasteiger partial charge in [-0.25, -0.2) is 0 Å². The predicted molar refractivity (Wildman–Crippen MR) is 96.1 cm³/mol. The van der Waals surface area contributed by atoms with Crippen molar-refractivity contribution in [2.75, 3.05) is 59.7 Å². The Balaban J connectivity index is 2.27. The summed E-state index contributed by atoms with van der Waals surface area (Å²) in [6.07, 6.45) is 2.30. The van der Waals surface area contributed by atoms with E-state index in [1.54, 1.807) is 0 Å². The van der Waals surface area contributed by atoms with E-state index in [0.717, 1.165) is 65.0 Å². The van der Waals surface area contributed by atoms with Crippen LogP contribution >= 0.6 is 0 Å². The summed E-state index contributed by atoms with van der Waals surface area (Å²) in [5.41, 5.74) is 0. The summed E-state index contributed by atoms with van der Waals surface area (Å²) in [6.45, 7) is 13.7. The van der Waals surface area contributed by atoms with E-state index in [2.05, 4.69) is 41.3 Å². The smallest absolute Gasteiger partial charge is 0.191 e. The maximum absolute atomic E-state index is 5.56. The van der Waals surface area contributed by atoms with Crippen molar-refractivity contribution in [1.29, 1.82) is 0 Å². The van der Waals surface area contributed by atoms with Crippen LogP contribution in [-0.2, 0) is 9.47 Å². The van der Waals surface area contributed by atoms with Gasteiger partial charge in [0.25, 0.3) is 0 Å². The Bertz CT molecular complexity index is 318. The van der Waals surface area contributed by atoms with Crippen LogP contribution < -0.4 is 10.6 Å². The van der Waals surface area contributed by atoms with Gasteiger partial charge in [-0.2, -0.15) is 0 Å². The number of hydrogen-bond acceptors (Lipinski definition) is 4. The Morgan fingerprint density at radius 3 is 2.57 bits per heavy atom. The number of guanidine groups is 1. The molecule has 6 heteroatoms. The molecular formula is C17H36N4O2. The van der Waals surface area contributed by atoms with E-state index in [-0.39, 0.29) is 0 Å². The van der Waals surface area contributed by atoms with E-state index >= 15 is 0 Å². The molecule has 1 fully saturated rings. The minimum Gasteiger partial charge on any atom is -0.380 e. The lowest BCUT2D eigenvalue weighted by Gasteiger charge is -2.37. The predicted octanol–water partition coefficient (Wildman–Crippen LogP) is 1.32. The number of unbranched alkanes of at least 4 members (excludes halogenated alkanes) is 1. The molecule has 6 nitrogen and oxygen atoms in total. The quantitative estimate of drug-likeness (QED) is 0.360. The van der Waals surface area contributed by atoms with Gasteiger partial charge < -0.3 is 20.1 Å².